The first-order valence-electron chi connectivity index (χ1n) is 10.3. The lowest BCUT2D eigenvalue weighted by Gasteiger charge is -2.25. The van der Waals surface area contributed by atoms with Gasteiger partial charge in [-0.25, -0.2) is 8.42 Å². The van der Waals surface area contributed by atoms with Crippen molar-refractivity contribution in [3.63, 3.8) is 0 Å². The van der Waals surface area contributed by atoms with Crippen LogP contribution in [0.4, 0.5) is 5.69 Å². The van der Waals surface area contributed by atoms with Crippen molar-refractivity contribution in [3.8, 4) is 0 Å². The van der Waals surface area contributed by atoms with Crippen LogP contribution in [0, 0.1) is 6.92 Å². The number of rotatable bonds is 8. The summed E-state index contributed by atoms with van der Waals surface area (Å²) in [5, 5.41) is 2.93. The highest BCUT2D eigenvalue weighted by Gasteiger charge is 2.27. The Bertz CT molecular complexity index is 1130. The summed E-state index contributed by atoms with van der Waals surface area (Å²) in [6, 6.07) is 23.1. The molecule has 0 aliphatic heterocycles. The Kier molecular flexibility index (Phi) is 7.13. The molecule has 0 saturated carbocycles. The second-order valence-electron chi connectivity index (χ2n) is 7.55. The molecule has 0 fully saturated rings. The fraction of sp³-hybridized carbons (Fsp3) is 0.240. The van der Waals surface area contributed by atoms with Gasteiger partial charge in [-0.15, -0.1) is 0 Å². The Balaban J connectivity index is 1.85. The Labute approximate surface area is 184 Å². The van der Waals surface area contributed by atoms with Gasteiger partial charge in [0.1, 0.15) is 6.54 Å². The topological polar surface area (TPSA) is 66.5 Å². The number of nitrogens with zero attached hydrogens (tertiary/aromatic N) is 1. The molecule has 6 heteroatoms. The maximum absolute atomic E-state index is 13.4. The normalized spacial score (nSPS) is 12.2. The van der Waals surface area contributed by atoms with E-state index in [4.69, 9.17) is 0 Å². The zero-order chi connectivity index (χ0) is 22.4. The Morgan fingerprint density at radius 2 is 1.65 bits per heavy atom. The van der Waals surface area contributed by atoms with Gasteiger partial charge in [-0.05, 0) is 61.2 Å². The molecule has 162 valence electrons. The van der Waals surface area contributed by atoms with E-state index in [2.05, 4.69) is 12.2 Å². The molecule has 0 saturated heterocycles. The number of anilines is 1. The summed E-state index contributed by atoms with van der Waals surface area (Å²) < 4.78 is 27.9. The lowest BCUT2D eigenvalue weighted by Crippen LogP contribution is -2.41. The van der Waals surface area contributed by atoms with Gasteiger partial charge < -0.3 is 5.32 Å². The zero-order valence-corrected chi connectivity index (χ0v) is 18.9. The molecule has 0 aromatic heterocycles. The number of benzene rings is 3. The molecule has 3 aromatic carbocycles. The van der Waals surface area contributed by atoms with Crippen LogP contribution in [0.15, 0.2) is 83.8 Å². The average Bonchev–Trinajstić information content (AvgIpc) is 2.78. The van der Waals surface area contributed by atoms with Gasteiger partial charge in [-0.3, -0.25) is 9.10 Å². The largest absolute Gasteiger partial charge is 0.348 e. The van der Waals surface area contributed by atoms with Crippen LogP contribution in [-0.2, 0) is 21.2 Å². The van der Waals surface area contributed by atoms with Crippen molar-refractivity contribution in [2.24, 2.45) is 0 Å². The third-order valence-electron chi connectivity index (χ3n) is 5.17. The summed E-state index contributed by atoms with van der Waals surface area (Å²) in [4.78, 5) is 13.0. The predicted octanol–water partition coefficient (Wildman–Crippen LogP) is 4.63. The van der Waals surface area contributed by atoms with E-state index in [1.165, 1.54) is 17.7 Å². The minimum atomic E-state index is -3.90. The lowest BCUT2D eigenvalue weighted by atomic mass is 10.1. The molecule has 0 bridgehead atoms. The Morgan fingerprint density at radius 1 is 0.968 bits per heavy atom. The number of hydrogen-bond donors (Lipinski definition) is 1. The molecule has 5 nitrogen and oxygen atoms in total. The van der Waals surface area contributed by atoms with Gasteiger partial charge in [0.15, 0.2) is 0 Å². The van der Waals surface area contributed by atoms with Crippen molar-refractivity contribution in [3.05, 3.63) is 95.6 Å². The summed E-state index contributed by atoms with van der Waals surface area (Å²) in [5.41, 5.74) is 3.56. The third-order valence-corrected chi connectivity index (χ3v) is 6.96. The van der Waals surface area contributed by atoms with Crippen LogP contribution in [0.25, 0.3) is 0 Å². The van der Waals surface area contributed by atoms with E-state index in [-0.39, 0.29) is 23.4 Å². The van der Waals surface area contributed by atoms with E-state index in [0.717, 1.165) is 21.9 Å². The number of hydrogen-bond acceptors (Lipinski definition) is 3. The summed E-state index contributed by atoms with van der Waals surface area (Å²) in [6.45, 7) is 5.56. The SMILES string of the molecule is CCc1ccc([C@@H](C)NC(=O)CN(c2cccc(C)c2)S(=O)(=O)c2ccccc2)cc1. The average molecular weight is 437 g/mol. The van der Waals surface area contributed by atoms with Gasteiger partial charge in [0.05, 0.1) is 16.6 Å². The van der Waals surface area contributed by atoms with Gasteiger partial charge in [0.2, 0.25) is 5.91 Å². The summed E-state index contributed by atoms with van der Waals surface area (Å²) >= 11 is 0. The molecule has 31 heavy (non-hydrogen) atoms. The van der Waals surface area contributed by atoms with Crippen LogP contribution in [0.3, 0.4) is 0 Å². The number of nitrogens with one attached hydrogen (secondary N) is 1. The Hall–Kier alpha value is -3.12. The molecule has 1 atom stereocenters. The van der Waals surface area contributed by atoms with Gasteiger partial charge in [-0.2, -0.15) is 0 Å². The summed E-state index contributed by atoms with van der Waals surface area (Å²) in [6.07, 6.45) is 0.948. The Morgan fingerprint density at radius 3 is 2.26 bits per heavy atom. The molecular formula is C25H28N2O3S. The second kappa shape index (κ2) is 9.79. The summed E-state index contributed by atoms with van der Waals surface area (Å²) in [5.74, 6) is -0.368. The first-order chi connectivity index (χ1) is 14.8. The van der Waals surface area contributed by atoms with Crippen molar-refractivity contribution < 1.29 is 13.2 Å². The van der Waals surface area contributed by atoms with E-state index in [1.54, 1.807) is 36.4 Å². The first kappa shape index (κ1) is 22.6. The van der Waals surface area contributed by atoms with E-state index >= 15 is 0 Å². The minimum Gasteiger partial charge on any atom is -0.348 e. The molecule has 1 N–H and O–H groups in total. The van der Waals surface area contributed by atoms with Crippen molar-refractivity contribution >= 4 is 21.6 Å². The maximum atomic E-state index is 13.4. The van der Waals surface area contributed by atoms with Gasteiger partial charge in [0, 0.05) is 0 Å². The fourth-order valence-corrected chi connectivity index (χ4v) is 4.79. The lowest BCUT2D eigenvalue weighted by molar-refractivity contribution is -0.120. The highest BCUT2D eigenvalue weighted by molar-refractivity contribution is 7.92. The van der Waals surface area contributed by atoms with Crippen molar-refractivity contribution in [2.75, 3.05) is 10.8 Å². The highest BCUT2D eigenvalue weighted by Crippen LogP contribution is 2.24. The van der Waals surface area contributed by atoms with Crippen LogP contribution >= 0.6 is 0 Å². The number of sulfonamides is 1. The van der Waals surface area contributed by atoms with Crippen molar-refractivity contribution in [1.29, 1.82) is 0 Å². The van der Waals surface area contributed by atoms with E-state index in [9.17, 15) is 13.2 Å². The molecule has 3 aromatic rings. The van der Waals surface area contributed by atoms with E-state index in [1.807, 2.05) is 44.2 Å². The molecule has 0 spiro atoms. The number of carbonyl (C=O) groups excluding carboxylic acids is 1. The standard InChI is InChI=1S/C25H28N2O3S/c1-4-21-13-15-22(16-14-21)20(3)26-25(28)18-27(23-10-8-9-19(2)17-23)31(29,30)24-11-6-5-7-12-24/h5-17,20H,4,18H2,1-3H3,(H,26,28)/t20-/m1/s1. The zero-order valence-electron chi connectivity index (χ0n) is 18.1. The van der Waals surface area contributed by atoms with Crippen LogP contribution in [0.5, 0.6) is 0 Å². The third kappa shape index (κ3) is 5.52. The quantitative estimate of drug-likeness (QED) is 0.560. The molecule has 0 aliphatic rings. The van der Waals surface area contributed by atoms with E-state index in [0.29, 0.717) is 5.69 Å². The highest BCUT2D eigenvalue weighted by atomic mass is 32.2. The summed E-state index contributed by atoms with van der Waals surface area (Å²) in [7, 11) is -3.90. The number of amides is 1. The molecule has 0 aliphatic carbocycles. The maximum Gasteiger partial charge on any atom is 0.264 e. The molecule has 1 amide bonds. The van der Waals surface area contributed by atoms with Crippen molar-refractivity contribution in [2.45, 2.75) is 38.1 Å². The van der Waals surface area contributed by atoms with Gasteiger partial charge in [0.25, 0.3) is 10.0 Å². The van der Waals surface area contributed by atoms with Crippen LogP contribution < -0.4 is 9.62 Å². The van der Waals surface area contributed by atoms with Crippen LogP contribution in [0.2, 0.25) is 0 Å². The van der Waals surface area contributed by atoms with Crippen molar-refractivity contribution in [1.82, 2.24) is 5.32 Å². The number of carbonyl (C=O) groups is 1. The number of aryl methyl sites for hydroxylation is 2. The smallest absolute Gasteiger partial charge is 0.264 e. The van der Waals surface area contributed by atoms with E-state index < -0.39 is 10.0 Å². The minimum absolute atomic E-state index is 0.146. The monoisotopic (exact) mass is 436 g/mol. The second-order valence-corrected chi connectivity index (χ2v) is 9.41. The van der Waals surface area contributed by atoms with Crippen LogP contribution in [0.1, 0.15) is 36.6 Å². The first-order valence-corrected chi connectivity index (χ1v) is 11.8. The fourth-order valence-electron chi connectivity index (χ4n) is 3.36. The molecule has 0 heterocycles. The van der Waals surface area contributed by atoms with Gasteiger partial charge >= 0.3 is 0 Å². The molecule has 3 rings (SSSR count). The molecule has 0 radical (unpaired) electrons. The van der Waals surface area contributed by atoms with Gasteiger partial charge in [-0.1, -0.05) is 61.5 Å². The molecule has 0 unspecified atom stereocenters. The van der Waals surface area contributed by atoms with Crippen LogP contribution in [-0.4, -0.2) is 20.9 Å². The predicted molar refractivity (Wildman–Crippen MR) is 125 cm³/mol. The molecular weight excluding hydrogens is 408 g/mol.